The third-order valence-electron chi connectivity index (χ3n) is 3.66. The van der Waals surface area contributed by atoms with Crippen LogP contribution in [0, 0.1) is 0 Å². The van der Waals surface area contributed by atoms with Crippen molar-refractivity contribution in [3.05, 3.63) is 29.8 Å². The Kier molecular flexibility index (Phi) is 3.80. The van der Waals surface area contributed by atoms with Gasteiger partial charge >= 0.3 is 0 Å². The maximum atomic E-state index is 12.3. The Bertz CT molecular complexity index is 464. The lowest BCUT2D eigenvalue weighted by molar-refractivity contribution is 0.0386. The molecule has 1 fully saturated rings. The zero-order chi connectivity index (χ0) is 14.0. The molecule has 1 aromatic rings. The number of hydrogen-bond donors (Lipinski definition) is 1. The van der Waals surface area contributed by atoms with Crippen molar-refractivity contribution in [3.63, 3.8) is 0 Å². The first-order chi connectivity index (χ1) is 8.95. The van der Waals surface area contributed by atoms with Crippen molar-refractivity contribution in [2.24, 2.45) is 5.73 Å². The van der Waals surface area contributed by atoms with E-state index >= 15 is 0 Å². The van der Waals surface area contributed by atoms with Crippen molar-refractivity contribution < 1.29 is 4.79 Å². The van der Waals surface area contributed by atoms with Crippen LogP contribution in [-0.2, 0) is 0 Å². The first-order valence-electron chi connectivity index (χ1n) is 6.81. The normalized spacial score (nSPS) is 16.9. The molecule has 1 heterocycles. The van der Waals surface area contributed by atoms with E-state index in [0.717, 1.165) is 24.1 Å². The van der Waals surface area contributed by atoms with Gasteiger partial charge in [0.05, 0.1) is 5.54 Å². The van der Waals surface area contributed by atoms with Gasteiger partial charge in [0, 0.05) is 38.4 Å². The van der Waals surface area contributed by atoms with Crippen LogP contribution in [0.15, 0.2) is 24.3 Å². The van der Waals surface area contributed by atoms with E-state index in [2.05, 4.69) is 6.92 Å². The minimum atomic E-state index is -0.163. The number of anilines is 1. The standard InChI is InChI=1S/C15H23N3O/c1-4-8-15(16)10-18(11-15)14(19)12-6-5-7-13(9-12)17(2)3/h5-7,9H,4,8,10-11,16H2,1-3H3. The summed E-state index contributed by atoms with van der Waals surface area (Å²) in [5.74, 6) is 0.0841. The maximum Gasteiger partial charge on any atom is 0.254 e. The Morgan fingerprint density at radius 3 is 2.68 bits per heavy atom. The molecule has 1 aromatic carbocycles. The van der Waals surface area contributed by atoms with Gasteiger partial charge in [-0.15, -0.1) is 0 Å². The van der Waals surface area contributed by atoms with E-state index in [1.165, 1.54) is 0 Å². The van der Waals surface area contributed by atoms with Gasteiger partial charge in [-0.2, -0.15) is 0 Å². The van der Waals surface area contributed by atoms with E-state index in [0.29, 0.717) is 13.1 Å². The average Bonchev–Trinajstić information content (AvgIpc) is 2.35. The molecule has 4 nitrogen and oxygen atoms in total. The molecule has 0 saturated carbocycles. The van der Waals surface area contributed by atoms with Gasteiger partial charge in [0.15, 0.2) is 0 Å². The zero-order valence-electron chi connectivity index (χ0n) is 12.0. The van der Waals surface area contributed by atoms with E-state index in [9.17, 15) is 4.79 Å². The minimum absolute atomic E-state index is 0.0841. The minimum Gasteiger partial charge on any atom is -0.378 e. The number of carbonyl (C=O) groups excluding carboxylic acids is 1. The van der Waals surface area contributed by atoms with Gasteiger partial charge in [0.25, 0.3) is 5.91 Å². The third-order valence-corrected chi connectivity index (χ3v) is 3.66. The van der Waals surface area contributed by atoms with Gasteiger partial charge in [-0.25, -0.2) is 0 Å². The van der Waals surface area contributed by atoms with E-state index in [1.54, 1.807) is 0 Å². The molecular formula is C15H23N3O. The van der Waals surface area contributed by atoms with Gasteiger partial charge in [-0.3, -0.25) is 4.79 Å². The first-order valence-corrected chi connectivity index (χ1v) is 6.81. The summed E-state index contributed by atoms with van der Waals surface area (Å²) in [5.41, 5.74) is 7.81. The van der Waals surface area contributed by atoms with Crippen LogP contribution in [-0.4, -0.2) is 43.5 Å². The molecule has 1 aliphatic heterocycles. The smallest absolute Gasteiger partial charge is 0.254 e. The molecule has 2 N–H and O–H groups in total. The lowest BCUT2D eigenvalue weighted by Crippen LogP contribution is -2.68. The molecule has 0 aromatic heterocycles. The number of hydrogen-bond acceptors (Lipinski definition) is 3. The second-order valence-electron chi connectivity index (χ2n) is 5.72. The van der Waals surface area contributed by atoms with Crippen molar-refractivity contribution >= 4 is 11.6 Å². The second kappa shape index (κ2) is 5.21. The molecule has 1 aliphatic rings. The quantitative estimate of drug-likeness (QED) is 0.897. The molecule has 0 bridgehead atoms. The fourth-order valence-corrected chi connectivity index (χ4v) is 2.61. The molecule has 1 saturated heterocycles. The van der Waals surface area contributed by atoms with Crippen molar-refractivity contribution in [2.75, 3.05) is 32.1 Å². The lowest BCUT2D eigenvalue weighted by atomic mass is 9.86. The van der Waals surface area contributed by atoms with Crippen molar-refractivity contribution in [1.82, 2.24) is 4.90 Å². The Balaban J connectivity index is 2.04. The molecule has 104 valence electrons. The lowest BCUT2D eigenvalue weighted by Gasteiger charge is -2.47. The van der Waals surface area contributed by atoms with Gasteiger partial charge in [0.2, 0.25) is 0 Å². The van der Waals surface area contributed by atoms with Crippen LogP contribution in [0.2, 0.25) is 0 Å². The topological polar surface area (TPSA) is 49.6 Å². The number of nitrogens with two attached hydrogens (primary N) is 1. The molecule has 0 atom stereocenters. The van der Waals surface area contributed by atoms with Gasteiger partial charge < -0.3 is 15.5 Å². The van der Waals surface area contributed by atoms with Crippen LogP contribution in [0.5, 0.6) is 0 Å². The summed E-state index contributed by atoms with van der Waals surface area (Å²) in [6.45, 7) is 3.47. The van der Waals surface area contributed by atoms with Gasteiger partial charge in [-0.05, 0) is 24.6 Å². The summed E-state index contributed by atoms with van der Waals surface area (Å²) in [6, 6.07) is 7.71. The number of rotatable bonds is 4. The van der Waals surface area contributed by atoms with Crippen molar-refractivity contribution in [3.8, 4) is 0 Å². The summed E-state index contributed by atoms with van der Waals surface area (Å²) in [6.07, 6.45) is 2.04. The van der Waals surface area contributed by atoms with E-state index in [4.69, 9.17) is 5.73 Å². The van der Waals surface area contributed by atoms with Gasteiger partial charge in [-0.1, -0.05) is 19.4 Å². The summed E-state index contributed by atoms with van der Waals surface area (Å²) in [5, 5.41) is 0. The van der Waals surface area contributed by atoms with Crippen LogP contribution < -0.4 is 10.6 Å². The molecule has 0 radical (unpaired) electrons. The second-order valence-corrected chi connectivity index (χ2v) is 5.72. The zero-order valence-corrected chi connectivity index (χ0v) is 12.0. The maximum absolute atomic E-state index is 12.3. The molecule has 0 unspecified atom stereocenters. The summed E-state index contributed by atoms with van der Waals surface area (Å²) >= 11 is 0. The summed E-state index contributed by atoms with van der Waals surface area (Å²) < 4.78 is 0. The molecule has 0 spiro atoms. The number of carbonyl (C=O) groups is 1. The average molecular weight is 261 g/mol. The highest BCUT2D eigenvalue weighted by atomic mass is 16.2. The van der Waals surface area contributed by atoms with Gasteiger partial charge in [0.1, 0.15) is 0 Å². The third kappa shape index (κ3) is 2.89. The monoisotopic (exact) mass is 261 g/mol. The van der Waals surface area contributed by atoms with Crippen molar-refractivity contribution in [2.45, 2.75) is 25.3 Å². The predicted octanol–water partition coefficient (Wildman–Crippen LogP) is 1.71. The molecule has 2 rings (SSSR count). The highest BCUT2D eigenvalue weighted by molar-refractivity contribution is 5.95. The van der Waals surface area contributed by atoms with E-state index in [1.807, 2.05) is 48.2 Å². The highest BCUT2D eigenvalue weighted by Gasteiger charge is 2.41. The Hall–Kier alpha value is -1.55. The number of amides is 1. The van der Waals surface area contributed by atoms with Crippen LogP contribution >= 0.6 is 0 Å². The molecule has 19 heavy (non-hydrogen) atoms. The fourth-order valence-electron chi connectivity index (χ4n) is 2.61. The molecule has 4 heteroatoms. The molecule has 1 amide bonds. The first kappa shape index (κ1) is 13.9. The van der Waals surface area contributed by atoms with Crippen molar-refractivity contribution in [1.29, 1.82) is 0 Å². The Labute approximate surface area is 115 Å². The van der Waals surface area contributed by atoms with E-state index < -0.39 is 0 Å². The van der Waals surface area contributed by atoms with Crippen LogP contribution in [0.1, 0.15) is 30.1 Å². The largest absolute Gasteiger partial charge is 0.378 e. The number of nitrogens with zero attached hydrogens (tertiary/aromatic N) is 2. The molecule has 0 aliphatic carbocycles. The number of benzene rings is 1. The van der Waals surface area contributed by atoms with Crippen LogP contribution in [0.25, 0.3) is 0 Å². The SMILES string of the molecule is CCCC1(N)CN(C(=O)c2cccc(N(C)C)c2)C1. The fraction of sp³-hybridized carbons (Fsp3) is 0.533. The van der Waals surface area contributed by atoms with Crippen LogP contribution in [0.4, 0.5) is 5.69 Å². The predicted molar refractivity (Wildman–Crippen MR) is 78.5 cm³/mol. The Morgan fingerprint density at radius 2 is 2.11 bits per heavy atom. The Morgan fingerprint density at radius 1 is 1.42 bits per heavy atom. The number of likely N-dealkylation sites (tertiary alicyclic amines) is 1. The highest BCUT2D eigenvalue weighted by Crippen LogP contribution is 2.25. The molecular weight excluding hydrogens is 238 g/mol. The summed E-state index contributed by atoms with van der Waals surface area (Å²) in [4.78, 5) is 16.2. The summed E-state index contributed by atoms with van der Waals surface area (Å²) in [7, 11) is 3.94. The van der Waals surface area contributed by atoms with Crippen LogP contribution in [0.3, 0.4) is 0 Å². The van der Waals surface area contributed by atoms with E-state index in [-0.39, 0.29) is 11.4 Å².